The molecule has 0 unspecified atom stereocenters. The number of ether oxygens (including phenoxy) is 2. The van der Waals surface area contributed by atoms with E-state index in [0.29, 0.717) is 12.1 Å². The van der Waals surface area contributed by atoms with Crippen LogP contribution in [-0.4, -0.2) is 26.6 Å². The molecule has 16 heavy (non-hydrogen) atoms. The zero-order valence-electron chi connectivity index (χ0n) is 9.87. The average Bonchev–Trinajstić information content (AvgIpc) is 2.29. The summed E-state index contributed by atoms with van der Waals surface area (Å²) in [6, 6.07) is 6.69. The minimum atomic E-state index is -0.327. The van der Waals surface area contributed by atoms with Gasteiger partial charge in [0.1, 0.15) is 5.82 Å². The van der Waals surface area contributed by atoms with Crippen molar-refractivity contribution in [2.45, 2.75) is 25.8 Å². The van der Waals surface area contributed by atoms with Crippen LogP contribution >= 0.6 is 0 Å². The summed E-state index contributed by atoms with van der Waals surface area (Å²) in [5, 5.41) is 3.15. The lowest BCUT2D eigenvalue weighted by molar-refractivity contribution is -0.119. The molecule has 0 aliphatic heterocycles. The normalized spacial score (nSPS) is 13.1. The molecule has 1 rings (SSSR count). The smallest absolute Gasteiger partial charge is 0.171 e. The first kappa shape index (κ1) is 13.1. The second-order valence-electron chi connectivity index (χ2n) is 3.60. The molecule has 0 aliphatic carbocycles. The number of benzene rings is 1. The molecule has 1 N–H and O–H groups in total. The van der Waals surface area contributed by atoms with Gasteiger partial charge in [0, 0.05) is 26.3 Å². The SMILES string of the molecule is COC(OC)[C@@H](C)NCc1ccccc1F. The maximum atomic E-state index is 13.3. The third-order valence-electron chi connectivity index (χ3n) is 2.45. The first-order valence-corrected chi connectivity index (χ1v) is 5.21. The maximum absolute atomic E-state index is 13.3. The highest BCUT2D eigenvalue weighted by atomic mass is 19.1. The molecule has 0 saturated carbocycles. The molecule has 3 nitrogen and oxygen atoms in total. The van der Waals surface area contributed by atoms with Crippen molar-refractivity contribution in [3.63, 3.8) is 0 Å². The Kier molecular flexibility index (Phi) is 5.38. The van der Waals surface area contributed by atoms with Gasteiger partial charge in [0.15, 0.2) is 6.29 Å². The number of rotatable bonds is 6. The molecule has 0 heterocycles. The summed E-state index contributed by atoms with van der Waals surface area (Å²) in [6.07, 6.45) is -0.327. The van der Waals surface area contributed by atoms with Crippen LogP contribution in [0.2, 0.25) is 0 Å². The molecule has 1 atom stereocenters. The Bertz CT molecular complexity index is 316. The lowest BCUT2D eigenvalue weighted by Crippen LogP contribution is -2.39. The van der Waals surface area contributed by atoms with Crippen LogP contribution < -0.4 is 5.32 Å². The number of halogens is 1. The second kappa shape index (κ2) is 6.58. The standard InChI is InChI=1S/C12H18FNO2/c1-9(12(15-2)16-3)14-8-10-6-4-5-7-11(10)13/h4-7,9,12,14H,8H2,1-3H3/t9-/m1/s1. The quantitative estimate of drug-likeness (QED) is 0.753. The Morgan fingerprint density at radius 2 is 1.88 bits per heavy atom. The topological polar surface area (TPSA) is 30.5 Å². The Morgan fingerprint density at radius 3 is 2.44 bits per heavy atom. The number of hydrogen-bond acceptors (Lipinski definition) is 3. The molecular weight excluding hydrogens is 209 g/mol. The average molecular weight is 227 g/mol. The van der Waals surface area contributed by atoms with Gasteiger partial charge in [-0.25, -0.2) is 4.39 Å². The van der Waals surface area contributed by atoms with E-state index in [0.717, 1.165) is 0 Å². The van der Waals surface area contributed by atoms with E-state index in [1.54, 1.807) is 26.4 Å². The fraction of sp³-hybridized carbons (Fsp3) is 0.500. The van der Waals surface area contributed by atoms with E-state index in [1.807, 2.05) is 13.0 Å². The first-order chi connectivity index (χ1) is 7.69. The maximum Gasteiger partial charge on any atom is 0.171 e. The number of methoxy groups -OCH3 is 2. The van der Waals surface area contributed by atoms with Crippen molar-refractivity contribution >= 4 is 0 Å². The van der Waals surface area contributed by atoms with E-state index in [1.165, 1.54) is 6.07 Å². The van der Waals surface area contributed by atoms with Crippen LogP contribution in [-0.2, 0) is 16.0 Å². The van der Waals surface area contributed by atoms with Gasteiger partial charge >= 0.3 is 0 Å². The minimum Gasteiger partial charge on any atom is -0.354 e. The molecule has 0 spiro atoms. The molecule has 0 aliphatic rings. The van der Waals surface area contributed by atoms with Crippen molar-refractivity contribution in [2.75, 3.05) is 14.2 Å². The Labute approximate surface area is 95.6 Å². The van der Waals surface area contributed by atoms with Gasteiger partial charge in [-0.3, -0.25) is 0 Å². The van der Waals surface area contributed by atoms with Crippen molar-refractivity contribution in [3.8, 4) is 0 Å². The van der Waals surface area contributed by atoms with E-state index in [4.69, 9.17) is 9.47 Å². The van der Waals surface area contributed by atoms with Gasteiger partial charge in [-0.15, -0.1) is 0 Å². The Hall–Kier alpha value is -0.970. The summed E-state index contributed by atoms with van der Waals surface area (Å²) in [6.45, 7) is 2.38. The van der Waals surface area contributed by atoms with E-state index in [-0.39, 0.29) is 18.1 Å². The monoisotopic (exact) mass is 227 g/mol. The van der Waals surface area contributed by atoms with Gasteiger partial charge in [0.05, 0.1) is 6.04 Å². The van der Waals surface area contributed by atoms with E-state index in [2.05, 4.69) is 5.32 Å². The van der Waals surface area contributed by atoms with Gasteiger partial charge < -0.3 is 14.8 Å². The lowest BCUT2D eigenvalue weighted by atomic mass is 10.2. The summed E-state index contributed by atoms with van der Waals surface area (Å²) in [4.78, 5) is 0. The van der Waals surface area contributed by atoms with Crippen LogP contribution in [0.4, 0.5) is 4.39 Å². The van der Waals surface area contributed by atoms with Gasteiger partial charge in [-0.05, 0) is 13.0 Å². The summed E-state index contributed by atoms with van der Waals surface area (Å²) >= 11 is 0. The highest BCUT2D eigenvalue weighted by Gasteiger charge is 2.15. The van der Waals surface area contributed by atoms with Crippen LogP contribution in [0.15, 0.2) is 24.3 Å². The minimum absolute atomic E-state index is 0.00499. The molecule has 90 valence electrons. The molecule has 0 saturated heterocycles. The molecule has 0 amide bonds. The highest BCUT2D eigenvalue weighted by Crippen LogP contribution is 2.07. The Balaban J connectivity index is 2.48. The zero-order valence-corrected chi connectivity index (χ0v) is 9.87. The second-order valence-corrected chi connectivity index (χ2v) is 3.60. The van der Waals surface area contributed by atoms with Gasteiger partial charge in [-0.2, -0.15) is 0 Å². The number of hydrogen-bond donors (Lipinski definition) is 1. The van der Waals surface area contributed by atoms with Gasteiger partial charge in [0.2, 0.25) is 0 Å². The van der Waals surface area contributed by atoms with Crippen LogP contribution in [0.1, 0.15) is 12.5 Å². The van der Waals surface area contributed by atoms with Crippen molar-refractivity contribution in [2.24, 2.45) is 0 Å². The predicted octanol–water partition coefficient (Wildman–Crippen LogP) is 1.92. The van der Waals surface area contributed by atoms with Crippen molar-refractivity contribution < 1.29 is 13.9 Å². The summed E-state index contributed by atoms with van der Waals surface area (Å²) in [7, 11) is 3.16. The van der Waals surface area contributed by atoms with E-state index in [9.17, 15) is 4.39 Å². The third-order valence-corrected chi connectivity index (χ3v) is 2.45. The molecule has 0 aromatic heterocycles. The summed E-state index contributed by atoms with van der Waals surface area (Å²) < 4.78 is 23.5. The zero-order chi connectivity index (χ0) is 12.0. The van der Waals surface area contributed by atoms with Crippen molar-refractivity contribution in [1.29, 1.82) is 0 Å². The summed E-state index contributed by atoms with van der Waals surface area (Å²) in [5.41, 5.74) is 0.639. The fourth-order valence-corrected chi connectivity index (χ4v) is 1.51. The summed E-state index contributed by atoms with van der Waals surface area (Å²) in [5.74, 6) is -0.200. The Morgan fingerprint density at radius 1 is 1.25 bits per heavy atom. The van der Waals surface area contributed by atoms with Crippen molar-refractivity contribution in [1.82, 2.24) is 5.32 Å². The predicted molar refractivity (Wildman–Crippen MR) is 60.5 cm³/mol. The lowest BCUT2D eigenvalue weighted by Gasteiger charge is -2.22. The van der Waals surface area contributed by atoms with Crippen LogP contribution in [0.3, 0.4) is 0 Å². The molecule has 1 aromatic rings. The fourth-order valence-electron chi connectivity index (χ4n) is 1.51. The van der Waals surface area contributed by atoms with Crippen LogP contribution in [0.25, 0.3) is 0 Å². The van der Waals surface area contributed by atoms with Crippen LogP contribution in [0.5, 0.6) is 0 Å². The third kappa shape index (κ3) is 3.56. The first-order valence-electron chi connectivity index (χ1n) is 5.21. The molecule has 4 heteroatoms. The molecular formula is C12H18FNO2. The highest BCUT2D eigenvalue weighted by molar-refractivity contribution is 5.16. The largest absolute Gasteiger partial charge is 0.354 e. The van der Waals surface area contributed by atoms with Crippen molar-refractivity contribution in [3.05, 3.63) is 35.6 Å². The van der Waals surface area contributed by atoms with E-state index >= 15 is 0 Å². The molecule has 0 fully saturated rings. The van der Waals surface area contributed by atoms with Gasteiger partial charge in [-0.1, -0.05) is 18.2 Å². The van der Waals surface area contributed by atoms with Gasteiger partial charge in [0.25, 0.3) is 0 Å². The molecule has 0 bridgehead atoms. The van der Waals surface area contributed by atoms with Crippen LogP contribution in [0, 0.1) is 5.82 Å². The van der Waals surface area contributed by atoms with E-state index < -0.39 is 0 Å². The molecule has 0 radical (unpaired) electrons. The molecule has 1 aromatic carbocycles. The number of nitrogens with one attached hydrogen (secondary N) is 1.